The highest BCUT2D eigenvalue weighted by molar-refractivity contribution is 5.41. The molecular formula is C32H42O3. The molecule has 188 valence electrons. The van der Waals surface area contributed by atoms with Crippen LogP contribution in [-0.2, 0) is 6.42 Å². The van der Waals surface area contributed by atoms with Crippen molar-refractivity contribution in [1.29, 1.82) is 0 Å². The van der Waals surface area contributed by atoms with Crippen LogP contribution in [0.2, 0.25) is 0 Å². The highest BCUT2D eigenvalue weighted by Gasteiger charge is 2.56. The highest BCUT2D eigenvalue weighted by atomic mass is 16.3. The van der Waals surface area contributed by atoms with Gasteiger partial charge in [-0.3, -0.25) is 0 Å². The zero-order chi connectivity index (χ0) is 25.0. The van der Waals surface area contributed by atoms with Gasteiger partial charge < -0.3 is 15.3 Å². The van der Waals surface area contributed by atoms with E-state index in [2.05, 4.69) is 50.3 Å². The second kappa shape index (κ2) is 11.1. The smallest absolute Gasteiger partial charge is 0.115 e. The molecule has 3 nitrogen and oxygen atoms in total. The SMILES string of the molecule is CC(/C=C/C=C/C[C@@H]1Cc2cc(O)ccc2C2CC[C@@]3(C)C(CC[C@@H]3O)C21)=C\C=C\C(C)=C\CO. The van der Waals surface area contributed by atoms with Crippen molar-refractivity contribution in [1.82, 2.24) is 0 Å². The normalized spacial score (nSPS) is 33.5. The zero-order valence-corrected chi connectivity index (χ0v) is 21.5. The van der Waals surface area contributed by atoms with Crippen molar-refractivity contribution < 1.29 is 15.3 Å². The van der Waals surface area contributed by atoms with Gasteiger partial charge in [0, 0.05) is 0 Å². The van der Waals surface area contributed by atoms with E-state index in [0.29, 0.717) is 29.4 Å². The van der Waals surface area contributed by atoms with Gasteiger partial charge in [0.2, 0.25) is 0 Å². The van der Waals surface area contributed by atoms with E-state index in [4.69, 9.17) is 5.11 Å². The molecule has 3 heteroatoms. The second-order valence-electron chi connectivity index (χ2n) is 11.2. The first kappa shape index (κ1) is 25.7. The third kappa shape index (κ3) is 5.57. The molecule has 0 aromatic heterocycles. The molecule has 3 unspecified atom stereocenters. The second-order valence-corrected chi connectivity index (χ2v) is 11.2. The van der Waals surface area contributed by atoms with Crippen LogP contribution in [0.3, 0.4) is 0 Å². The van der Waals surface area contributed by atoms with Gasteiger partial charge in [-0.15, -0.1) is 0 Å². The van der Waals surface area contributed by atoms with Gasteiger partial charge in [0.15, 0.2) is 0 Å². The predicted octanol–water partition coefficient (Wildman–Crippen LogP) is 6.78. The first-order chi connectivity index (χ1) is 16.8. The van der Waals surface area contributed by atoms with Crippen LogP contribution in [0.25, 0.3) is 0 Å². The van der Waals surface area contributed by atoms with Crippen LogP contribution in [0.15, 0.2) is 78.0 Å². The van der Waals surface area contributed by atoms with Crippen molar-refractivity contribution in [2.75, 3.05) is 6.61 Å². The van der Waals surface area contributed by atoms with Crippen molar-refractivity contribution in [3.05, 3.63) is 89.1 Å². The van der Waals surface area contributed by atoms with Gasteiger partial charge in [0.1, 0.15) is 5.75 Å². The molecule has 0 radical (unpaired) electrons. The number of phenolic OH excluding ortho intramolecular Hbond substituents is 1. The predicted molar refractivity (Wildman–Crippen MR) is 144 cm³/mol. The van der Waals surface area contributed by atoms with Crippen LogP contribution in [-0.4, -0.2) is 28.0 Å². The Morgan fingerprint density at radius 1 is 1.06 bits per heavy atom. The maximum absolute atomic E-state index is 10.8. The number of hydrogen-bond acceptors (Lipinski definition) is 3. The molecule has 3 N–H and O–H groups in total. The molecule has 2 fully saturated rings. The maximum Gasteiger partial charge on any atom is 0.115 e. The number of rotatable bonds is 7. The third-order valence-corrected chi connectivity index (χ3v) is 9.01. The lowest BCUT2D eigenvalue weighted by Gasteiger charge is -2.53. The van der Waals surface area contributed by atoms with Gasteiger partial charge in [0.25, 0.3) is 0 Å². The fraction of sp³-hybridized carbons (Fsp3) is 0.500. The monoisotopic (exact) mass is 474 g/mol. The molecule has 0 bridgehead atoms. The molecule has 0 amide bonds. The largest absolute Gasteiger partial charge is 0.508 e. The molecule has 4 rings (SSSR count). The molecule has 6 atom stereocenters. The van der Waals surface area contributed by atoms with Gasteiger partial charge >= 0.3 is 0 Å². The summed E-state index contributed by atoms with van der Waals surface area (Å²) in [6, 6.07) is 6.00. The molecule has 1 aromatic carbocycles. The molecule has 0 aliphatic heterocycles. The Kier molecular flexibility index (Phi) is 8.19. The number of phenols is 1. The van der Waals surface area contributed by atoms with E-state index in [-0.39, 0.29) is 18.1 Å². The van der Waals surface area contributed by atoms with Gasteiger partial charge in [-0.25, -0.2) is 0 Å². The number of aromatic hydroxyl groups is 1. The summed E-state index contributed by atoms with van der Waals surface area (Å²) < 4.78 is 0. The van der Waals surface area contributed by atoms with E-state index in [0.717, 1.165) is 44.1 Å². The van der Waals surface area contributed by atoms with Crippen molar-refractivity contribution in [2.45, 2.75) is 71.3 Å². The number of fused-ring (bicyclic) bond motifs is 5. The topological polar surface area (TPSA) is 60.7 Å². The van der Waals surface area contributed by atoms with Crippen molar-refractivity contribution in [3.8, 4) is 5.75 Å². The number of hydrogen-bond donors (Lipinski definition) is 3. The van der Waals surface area contributed by atoms with Crippen LogP contribution < -0.4 is 0 Å². The van der Waals surface area contributed by atoms with Gasteiger partial charge in [0.05, 0.1) is 12.7 Å². The summed E-state index contributed by atoms with van der Waals surface area (Å²) in [7, 11) is 0. The van der Waals surface area contributed by atoms with Crippen LogP contribution in [0, 0.1) is 23.2 Å². The lowest BCUT2D eigenvalue weighted by molar-refractivity contribution is -0.0377. The van der Waals surface area contributed by atoms with E-state index in [1.54, 1.807) is 6.08 Å². The fourth-order valence-corrected chi connectivity index (χ4v) is 7.14. The highest BCUT2D eigenvalue weighted by Crippen LogP contribution is 2.62. The zero-order valence-electron chi connectivity index (χ0n) is 21.5. The lowest BCUT2D eigenvalue weighted by atomic mass is 9.52. The third-order valence-electron chi connectivity index (χ3n) is 9.01. The number of allylic oxidation sites excluding steroid dienone is 9. The fourth-order valence-electron chi connectivity index (χ4n) is 7.14. The van der Waals surface area contributed by atoms with E-state index in [1.807, 2.05) is 31.2 Å². The van der Waals surface area contributed by atoms with Gasteiger partial charge in [-0.05, 0) is 105 Å². The first-order valence-corrected chi connectivity index (χ1v) is 13.3. The van der Waals surface area contributed by atoms with E-state index in [1.165, 1.54) is 16.7 Å². The van der Waals surface area contributed by atoms with E-state index in [9.17, 15) is 10.2 Å². The Morgan fingerprint density at radius 2 is 1.86 bits per heavy atom. The average molecular weight is 475 g/mol. The summed E-state index contributed by atoms with van der Waals surface area (Å²) in [5.41, 5.74) is 5.03. The Balaban J connectivity index is 1.47. The minimum absolute atomic E-state index is 0.0532. The average Bonchev–Trinajstić information content (AvgIpc) is 3.13. The molecule has 0 heterocycles. The summed E-state index contributed by atoms with van der Waals surface area (Å²) >= 11 is 0. The number of benzene rings is 1. The maximum atomic E-state index is 10.8. The van der Waals surface area contributed by atoms with Crippen molar-refractivity contribution in [3.63, 3.8) is 0 Å². The van der Waals surface area contributed by atoms with Crippen LogP contribution >= 0.6 is 0 Å². The van der Waals surface area contributed by atoms with Gasteiger partial charge in [-0.1, -0.05) is 72.7 Å². The quantitative estimate of drug-likeness (QED) is 0.382. The van der Waals surface area contributed by atoms with Crippen LogP contribution in [0.1, 0.15) is 69.9 Å². The molecule has 1 aromatic rings. The molecule has 0 spiro atoms. The van der Waals surface area contributed by atoms with Crippen molar-refractivity contribution >= 4 is 0 Å². The molecule has 35 heavy (non-hydrogen) atoms. The molecular weight excluding hydrogens is 432 g/mol. The minimum Gasteiger partial charge on any atom is -0.508 e. The molecule has 0 saturated heterocycles. The Bertz CT molecular complexity index is 1040. The van der Waals surface area contributed by atoms with Crippen molar-refractivity contribution in [2.24, 2.45) is 23.2 Å². The van der Waals surface area contributed by atoms with E-state index < -0.39 is 0 Å². The van der Waals surface area contributed by atoms with Gasteiger partial charge in [-0.2, -0.15) is 0 Å². The minimum atomic E-state index is -0.166. The summed E-state index contributed by atoms with van der Waals surface area (Å²) in [5, 5.41) is 29.9. The number of aliphatic hydroxyl groups is 2. The Hall–Kier alpha value is -2.36. The molecule has 2 saturated carbocycles. The van der Waals surface area contributed by atoms with E-state index >= 15 is 0 Å². The van der Waals surface area contributed by atoms with Crippen LogP contribution in [0.4, 0.5) is 0 Å². The summed E-state index contributed by atoms with van der Waals surface area (Å²) in [5.74, 6) is 2.62. The van der Waals surface area contributed by atoms with Crippen LogP contribution in [0.5, 0.6) is 5.75 Å². The molecule has 3 aliphatic carbocycles. The standard InChI is InChI=1S/C32H42O3/c1-22(9-7-10-23(2)17-19-33)8-5-4-6-11-24-20-25-21-26(34)12-13-27(25)28-16-18-32(3)29(31(24)28)14-15-30(32)35/h4-10,12-13,17,21,24,28-31,33-35H,11,14-16,18-20H2,1-3H3/b6-4+,8-5+,10-7+,22-9+,23-17+/t24-,28?,29?,30+,31?,32+/m1/s1. The summed E-state index contributed by atoms with van der Waals surface area (Å²) in [4.78, 5) is 0. The Labute approximate surface area is 211 Å². The molecule has 3 aliphatic rings. The number of aliphatic hydroxyl groups excluding tert-OH is 2. The Morgan fingerprint density at radius 3 is 2.66 bits per heavy atom. The lowest BCUT2D eigenvalue weighted by Crippen LogP contribution is -2.47. The summed E-state index contributed by atoms with van der Waals surface area (Å²) in [6.45, 7) is 6.46. The summed E-state index contributed by atoms with van der Waals surface area (Å²) in [6.07, 6.45) is 22.7. The first-order valence-electron chi connectivity index (χ1n) is 13.3.